The first-order chi connectivity index (χ1) is 15.4. The first-order valence-electron chi connectivity index (χ1n) is 9.91. The van der Waals surface area contributed by atoms with Crippen LogP contribution in [-0.4, -0.2) is 42.6 Å². The third-order valence-electron chi connectivity index (χ3n) is 4.65. The van der Waals surface area contributed by atoms with Crippen molar-refractivity contribution in [2.24, 2.45) is 0 Å². The van der Waals surface area contributed by atoms with Crippen LogP contribution in [0.3, 0.4) is 0 Å². The van der Waals surface area contributed by atoms with E-state index in [1.807, 2.05) is 6.07 Å². The fourth-order valence-electron chi connectivity index (χ4n) is 2.99. The van der Waals surface area contributed by atoms with E-state index in [9.17, 15) is 14.0 Å². The summed E-state index contributed by atoms with van der Waals surface area (Å²) in [5, 5.41) is 7.07. The van der Waals surface area contributed by atoms with Crippen LogP contribution < -0.4 is 25.1 Å². The average Bonchev–Trinajstić information content (AvgIpc) is 2.79. The van der Waals surface area contributed by atoms with Crippen LogP contribution in [0.4, 0.5) is 4.39 Å². The van der Waals surface area contributed by atoms with Gasteiger partial charge in [-0.15, -0.1) is 0 Å². The quantitative estimate of drug-likeness (QED) is 0.549. The summed E-state index contributed by atoms with van der Waals surface area (Å²) in [5.74, 6) is 0.549. The van der Waals surface area contributed by atoms with Gasteiger partial charge < -0.3 is 19.5 Å². The lowest BCUT2D eigenvalue weighted by Gasteiger charge is -2.15. The van der Waals surface area contributed by atoms with Crippen LogP contribution in [0, 0.1) is 5.82 Å². The van der Waals surface area contributed by atoms with E-state index in [4.69, 9.17) is 14.2 Å². The summed E-state index contributed by atoms with van der Waals surface area (Å²) in [6, 6.07) is 13.9. The van der Waals surface area contributed by atoms with Crippen LogP contribution in [0.1, 0.15) is 6.92 Å². The van der Waals surface area contributed by atoms with Gasteiger partial charge >= 0.3 is 0 Å². The van der Waals surface area contributed by atoms with Crippen LogP contribution in [0.15, 0.2) is 59.4 Å². The zero-order valence-corrected chi connectivity index (χ0v) is 18.0. The van der Waals surface area contributed by atoms with E-state index in [-0.39, 0.29) is 24.4 Å². The van der Waals surface area contributed by atoms with E-state index in [0.717, 1.165) is 5.56 Å². The summed E-state index contributed by atoms with van der Waals surface area (Å²) in [5.41, 5.74) is 1.02. The summed E-state index contributed by atoms with van der Waals surface area (Å²) < 4.78 is 30.5. The first kappa shape index (κ1) is 22.8. The molecule has 0 bridgehead atoms. The molecule has 8 nitrogen and oxygen atoms in total. The Labute approximate surface area is 184 Å². The third kappa shape index (κ3) is 5.63. The van der Waals surface area contributed by atoms with Crippen molar-refractivity contribution in [3.8, 4) is 28.5 Å². The minimum absolute atomic E-state index is 0.165. The molecule has 3 aromatic rings. The minimum Gasteiger partial charge on any atom is -0.493 e. The Bertz CT molecular complexity index is 1150. The third-order valence-corrected chi connectivity index (χ3v) is 4.65. The van der Waals surface area contributed by atoms with Crippen molar-refractivity contribution in [2.75, 3.05) is 20.8 Å². The van der Waals surface area contributed by atoms with Gasteiger partial charge in [-0.3, -0.25) is 9.59 Å². The molecule has 0 radical (unpaired) electrons. The number of ether oxygens (including phenoxy) is 3. The number of nitrogens with one attached hydrogen (secondary N) is 1. The zero-order valence-electron chi connectivity index (χ0n) is 18.0. The second kappa shape index (κ2) is 10.4. The maximum Gasteiger partial charge on any atom is 0.266 e. The summed E-state index contributed by atoms with van der Waals surface area (Å²) >= 11 is 0. The highest BCUT2D eigenvalue weighted by Gasteiger charge is 2.15. The summed E-state index contributed by atoms with van der Waals surface area (Å²) in [7, 11) is 3.09. The van der Waals surface area contributed by atoms with Gasteiger partial charge in [0.05, 0.1) is 26.5 Å². The van der Waals surface area contributed by atoms with E-state index >= 15 is 0 Å². The molecular formula is C23H24FN3O5. The number of hydrogen-bond acceptors (Lipinski definition) is 6. The van der Waals surface area contributed by atoms with Gasteiger partial charge in [-0.2, -0.15) is 5.10 Å². The van der Waals surface area contributed by atoms with Crippen LogP contribution in [-0.2, 0) is 11.3 Å². The SMILES string of the molecule is COc1ccc(-c2ccc(=O)n(CCNC(=O)C(C)Oc3cccc(F)c3)n2)cc1OC. The highest BCUT2D eigenvalue weighted by atomic mass is 19.1. The smallest absolute Gasteiger partial charge is 0.266 e. The van der Waals surface area contributed by atoms with Gasteiger partial charge in [0, 0.05) is 24.2 Å². The van der Waals surface area contributed by atoms with Gasteiger partial charge in [0.15, 0.2) is 17.6 Å². The van der Waals surface area contributed by atoms with E-state index < -0.39 is 17.8 Å². The molecule has 0 aliphatic carbocycles. The molecule has 1 aromatic heterocycles. The molecule has 1 unspecified atom stereocenters. The molecule has 32 heavy (non-hydrogen) atoms. The molecule has 1 atom stereocenters. The molecule has 0 aliphatic rings. The van der Waals surface area contributed by atoms with E-state index in [0.29, 0.717) is 17.2 Å². The van der Waals surface area contributed by atoms with Crippen molar-refractivity contribution in [1.29, 1.82) is 0 Å². The molecule has 9 heteroatoms. The lowest BCUT2D eigenvalue weighted by Crippen LogP contribution is -2.39. The van der Waals surface area contributed by atoms with Gasteiger partial charge in [-0.1, -0.05) is 6.07 Å². The molecule has 2 aromatic carbocycles. The zero-order chi connectivity index (χ0) is 23.1. The van der Waals surface area contributed by atoms with Gasteiger partial charge in [0.2, 0.25) is 0 Å². The van der Waals surface area contributed by atoms with Gasteiger partial charge in [0.1, 0.15) is 11.6 Å². The van der Waals surface area contributed by atoms with Crippen molar-refractivity contribution in [1.82, 2.24) is 15.1 Å². The molecule has 0 fully saturated rings. The summed E-state index contributed by atoms with van der Waals surface area (Å²) in [6.07, 6.45) is -0.834. The molecule has 1 amide bonds. The Morgan fingerprint density at radius 1 is 1.09 bits per heavy atom. The second-order valence-electron chi connectivity index (χ2n) is 6.86. The lowest BCUT2D eigenvalue weighted by atomic mass is 10.1. The number of amides is 1. The van der Waals surface area contributed by atoms with Gasteiger partial charge in [-0.05, 0) is 43.3 Å². The number of aromatic nitrogens is 2. The Balaban J connectivity index is 1.63. The summed E-state index contributed by atoms with van der Waals surface area (Å²) in [6.45, 7) is 1.89. The second-order valence-corrected chi connectivity index (χ2v) is 6.86. The van der Waals surface area contributed by atoms with Gasteiger partial charge in [0.25, 0.3) is 11.5 Å². The topological polar surface area (TPSA) is 91.7 Å². The summed E-state index contributed by atoms with van der Waals surface area (Å²) in [4.78, 5) is 24.5. The standard InChI is InChI=1S/C23H24FN3O5/c1-15(32-18-6-4-5-17(24)14-18)23(29)25-11-12-27-22(28)10-8-19(26-27)16-7-9-20(30-2)21(13-16)31-3/h4-10,13-15H,11-12H2,1-3H3,(H,25,29). The molecular weight excluding hydrogens is 417 g/mol. The Hall–Kier alpha value is -3.88. The molecule has 3 rings (SSSR count). The van der Waals surface area contributed by atoms with Crippen molar-refractivity contribution >= 4 is 5.91 Å². The van der Waals surface area contributed by atoms with Crippen molar-refractivity contribution < 1.29 is 23.4 Å². The number of carbonyl (C=O) groups excluding carboxylic acids is 1. The molecule has 1 N–H and O–H groups in total. The average molecular weight is 441 g/mol. The number of hydrogen-bond donors (Lipinski definition) is 1. The normalized spacial score (nSPS) is 11.5. The van der Waals surface area contributed by atoms with Crippen LogP contribution in [0.25, 0.3) is 11.3 Å². The number of halogens is 1. The molecule has 0 aliphatic heterocycles. The van der Waals surface area contributed by atoms with E-state index in [1.54, 1.807) is 38.3 Å². The van der Waals surface area contributed by atoms with Crippen molar-refractivity contribution in [3.05, 3.63) is 70.8 Å². The highest BCUT2D eigenvalue weighted by Crippen LogP contribution is 2.31. The van der Waals surface area contributed by atoms with Crippen LogP contribution in [0.5, 0.6) is 17.2 Å². The Morgan fingerprint density at radius 2 is 1.88 bits per heavy atom. The minimum atomic E-state index is -0.834. The number of rotatable bonds is 9. The fraction of sp³-hybridized carbons (Fsp3) is 0.261. The molecule has 168 valence electrons. The number of benzene rings is 2. The predicted octanol–water partition coefficient (Wildman–Crippen LogP) is 2.65. The largest absolute Gasteiger partial charge is 0.493 e. The van der Waals surface area contributed by atoms with E-state index in [1.165, 1.54) is 36.1 Å². The van der Waals surface area contributed by atoms with Crippen molar-refractivity contribution in [3.63, 3.8) is 0 Å². The maximum atomic E-state index is 13.2. The van der Waals surface area contributed by atoms with Crippen LogP contribution >= 0.6 is 0 Å². The Morgan fingerprint density at radius 3 is 2.59 bits per heavy atom. The Kier molecular flexibility index (Phi) is 7.43. The van der Waals surface area contributed by atoms with E-state index in [2.05, 4.69) is 10.4 Å². The van der Waals surface area contributed by atoms with Crippen LogP contribution in [0.2, 0.25) is 0 Å². The molecule has 1 heterocycles. The number of nitrogens with zero attached hydrogens (tertiary/aromatic N) is 2. The van der Waals surface area contributed by atoms with Gasteiger partial charge in [-0.25, -0.2) is 9.07 Å². The monoisotopic (exact) mass is 441 g/mol. The molecule has 0 saturated heterocycles. The number of carbonyl (C=O) groups is 1. The molecule has 0 saturated carbocycles. The fourth-order valence-corrected chi connectivity index (χ4v) is 2.99. The van der Waals surface area contributed by atoms with Crippen molar-refractivity contribution in [2.45, 2.75) is 19.6 Å². The predicted molar refractivity (Wildman–Crippen MR) is 117 cm³/mol. The number of methoxy groups -OCH3 is 2. The lowest BCUT2D eigenvalue weighted by molar-refractivity contribution is -0.127. The first-order valence-corrected chi connectivity index (χ1v) is 9.91. The molecule has 0 spiro atoms. The highest BCUT2D eigenvalue weighted by molar-refractivity contribution is 5.80. The maximum absolute atomic E-state index is 13.2.